The number of benzene rings is 2. The summed E-state index contributed by atoms with van der Waals surface area (Å²) in [6, 6.07) is 17.3. The molecule has 1 aliphatic carbocycles. The van der Waals surface area contributed by atoms with E-state index in [4.69, 9.17) is 14.6 Å². The highest BCUT2D eigenvalue weighted by atomic mass is 16.5. The normalized spacial score (nSPS) is 12.3. The molecule has 2 aromatic heterocycles. The molecule has 2 heterocycles. The summed E-state index contributed by atoms with van der Waals surface area (Å²) >= 11 is 0. The third kappa shape index (κ3) is 4.37. The Bertz CT molecular complexity index is 1310. The van der Waals surface area contributed by atoms with Gasteiger partial charge in [0.25, 0.3) is 5.91 Å². The molecule has 0 spiro atoms. The van der Waals surface area contributed by atoms with Crippen LogP contribution >= 0.6 is 0 Å². The molecule has 0 bridgehead atoms. The summed E-state index contributed by atoms with van der Waals surface area (Å²) in [6.07, 6.45) is 6.24. The van der Waals surface area contributed by atoms with Crippen LogP contribution < -0.4 is 14.8 Å². The number of methoxy groups -OCH3 is 1. The molecule has 1 aliphatic rings. The minimum absolute atomic E-state index is 0.228. The minimum atomic E-state index is -0.228. The van der Waals surface area contributed by atoms with Crippen LogP contribution in [0.5, 0.6) is 11.5 Å². The van der Waals surface area contributed by atoms with E-state index in [1.165, 1.54) is 5.56 Å². The standard InChI is InChI=1S/C27H26N4O3/c1-18-6-9-21(10-7-18)31-23-5-3-4-22(23)26(30-31)27(32)29-20-8-11-24(33-2)25(16-20)34-17-19-12-14-28-15-13-19/h6-16H,3-5,17H2,1-2H3,(H,29,32). The molecular formula is C27H26N4O3. The zero-order valence-electron chi connectivity index (χ0n) is 19.2. The van der Waals surface area contributed by atoms with E-state index in [1.54, 1.807) is 37.7 Å². The van der Waals surface area contributed by atoms with Gasteiger partial charge in [-0.05, 0) is 68.1 Å². The summed E-state index contributed by atoms with van der Waals surface area (Å²) in [6.45, 7) is 2.42. The first-order valence-electron chi connectivity index (χ1n) is 11.3. The highest BCUT2D eigenvalue weighted by Gasteiger charge is 2.27. The summed E-state index contributed by atoms with van der Waals surface area (Å²) in [5.74, 6) is 0.915. The lowest BCUT2D eigenvalue weighted by Crippen LogP contribution is -2.15. The van der Waals surface area contributed by atoms with Crippen LogP contribution in [0.3, 0.4) is 0 Å². The van der Waals surface area contributed by atoms with Gasteiger partial charge in [-0.3, -0.25) is 9.78 Å². The van der Waals surface area contributed by atoms with Crippen molar-refractivity contribution < 1.29 is 14.3 Å². The van der Waals surface area contributed by atoms with E-state index in [0.717, 1.165) is 41.8 Å². The predicted molar refractivity (Wildman–Crippen MR) is 130 cm³/mol. The highest BCUT2D eigenvalue weighted by molar-refractivity contribution is 6.04. The topological polar surface area (TPSA) is 78.3 Å². The van der Waals surface area contributed by atoms with Gasteiger partial charge in [-0.15, -0.1) is 0 Å². The van der Waals surface area contributed by atoms with Crippen molar-refractivity contribution >= 4 is 11.6 Å². The lowest BCUT2D eigenvalue weighted by Gasteiger charge is -2.13. The first kappa shape index (κ1) is 21.7. The van der Waals surface area contributed by atoms with Crippen molar-refractivity contribution in [3.05, 3.63) is 95.1 Å². The van der Waals surface area contributed by atoms with Crippen molar-refractivity contribution in [3.63, 3.8) is 0 Å². The molecule has 0 unspecified atom stereocenters. The first-order valence-corrected chi connectivity index (χ1v) is 11.3. The summed E-state index contributed by atoms with van der Waals surface area (Å²) in [5.41, 5.74) is 6.39. The molecule has 0 saturated carbocycles. The number of carbonyl (C=O) groups excluding carboxylic acids is 1. The lowest BCUT2D eigenvalue weighted by molar-refractivity contribution is 0.102. The third-order valence-corrected chi connectivity index (χ3v) is 5.99. The Hall–Kier alpha value is -4.13. The van der Waals surface area contributed by atoms with Crippen molar-refractivity contribution in [2.45, 2.75) is 32.8 Å². The maximum Gasteiger partial charge on any atom is 0.276 e. The van der Waals surface area contributed by atoms with Crippen LogP contribution in [0, 0.1) is 6.92 Å². The number of pyridine rings is 1. The Kier molecular flexibility index (Phi) is 5.99. The number of anilines is 1. The Labute approximate surface area is 198 Å². The second-order valence-corrected chi connectivity index (χ2v) is 8.34. The van der Waals surface area contributed by atoms with Crippen LogP contribution in [-0.2, 0) is 19.4 Å². The molecule has 172 valence electrons. The number of hydrogen-bond acceptors (Lipinski definition) is 5. The van der Waals surface area contributed by atoms with Gasteiger partial charge in [-0.1, -0.05) is 17.7 Å². The number of carbonyl (C=O) groups is 1. The highest BCUT2D eigenvalue weighted by Crippen LogP contribution is 2.32. The molecule has 7 heteroatoms. The van der Waals surface area contributed by atoms with Gasteiger partial charge >= 0.3 is 0 Å². The number of nitrogens with zero attached hydrogens (tertiary/aromatic N) is 3. The molecule has 2 aromatic carbocycles. The zero-order chi connectivity index (χ0) is 23.5. The minimum Gasteiger partial charge on any atom is -0.493 e. The van der Waals surface area contributed by atoms with Gasteiger partial charge in [0.1, 0.15) is 6.61 Å². The number of hydrogen-bond donors (Lipinski definition) is 1. The zero-order valence-corrected chi connectivity index (χ0v) is 19.2. The van der Waals surface area contributed by atoms with E-state index in [0.29, 0.717) is 29.5 Å². The fraction of sp³-hybridized carbons (Fsp3) is 0.222. The smallest absolute Gasteiger partial charge is 0.276 e. The number of ether oxygens (including phenoxy) is 2. The molecule has 34 heavy (non-hydrogen) atoms. The van der Waals surface area contributed by atoms with Gasteiger partial charge in [0, 0.05) is 35.4 Å². The SMILES string of the molecule is COc1ccc(NC(=O)c2nn(-c3ccc(C)cc3)c3c2CCC3)cc1OCc1ccncc1. The molecule has 0 fully saturated rings. The quantitative estimate of drug-likeness (QED) is 0.430. The largest absolute Gasteiger partial charge is 0.493 e. The van der Waals surface area contributed by atoms with Crippen molar-refractivity contribution in [2.75, 3.05) is 12.4 Å². The Morgan fingerprint density at radius 2 is 1.82 bits per heavy atom. The van der Waals surface area contributed by atoms with E-state index >= 15 is 0 Å². The maximum atomic E-state index is 13.3. The molecule has 1 N–H and O–H groups in total. The van der Waals surface area contributed by atoms with Gasteiger partial charge in [-0.25, -0.2) is 4.68 Å². The molecule has 4 aromatic rings. The van der Waals surface area contributed by atoms with E-state index in [9.17, 15) is 4.79 Å². The van der Waals surface area contributed by atoms with Crippen LogP contribution in [0.4, 0.5) is 5.69 Å². The molecular weight excluding hydrogens is 428 g/mol. The molecule has 0 radical (unpaired) electrons. The monoisotopic (exact) mass is 454 g/mol. The predicted octanol–water partition coefficient (Wildman–Crippen LogP) is 4.90. The molecule has 5 rings (SSSR count). The van der Waals surface area contributed by atoms with Gasteiger partial charge in [-0.2, -0.15) is 5.10 Å². The van der Waals surface area contributed by atoms with Crippen LogP contribution in [0.15, 0.2) is 67.0 Å². The van der Waals surface area contributed by atoms with Gasteiger partial charge in [0.2, 0.25) is 0 Å². The average Bonchev–Trinajstić information content (AvgIpc) is 3.47. The van der Waals surface area contributed by atoms with Crippen molar-refractivity contribution in [1.82, 2.24) is 14.8 Å². The number of amides is 1. The molecule has 0 saturated heterocycles. The Balaban J connectivity index is 1.38. The fourth-order valence-electron chi connectivity index (χ4n) is 4.22. The maximum absolute atomic E-state index is 13.3. The van der Waals surface area contributed by atoms with Crippen LogP contribution in [0.25, 0.3) is 5.69 Å². The van der Waals surface area contributed by atoms with Gasteiger partial charge in [0.05, 0.1) is 12.8 Å². The molecule has 0 aliphatic heterocycles. The van der Waals surface area contributed by atoms with Gasteiger partial charge < -0.3 is 14.8 Å². The van der Waals surface area contributed by atoms with Crippen LogP contribution in [-0.4, -0.2) is 27.8 Å². The lowest BCUT2D eigenvalue weighted by atomic mass is 10.2. The second kappa shape index (κ2) is 9.39. The van der Waals surface area contributed by atoms with Crippen LogP contribution in [0.1, 0.15) is 39.3 Å². The van der Waals surface area contributed by atoms with Crippen molar-refractivity contribution in [3.8, 4) is 17.2 Å². The summed E-state index contributed by atoms with van der Waals surface area (Å²) in [5, 5.41) is 7.69. The summed E-state index contributed by atoms with van der Waals surface area (Å²) in [4.78, 5) is 17.3. The van der Waals surface area contributed by atoms with Crippen LogP contribution in [0.2, 0.25) is 0 Å². The van der Waals surface area contributed by atoms with E-state index in [2.05, 4.69) is 29.4 Å². The number of aryl methyl sites for hydroxylation is 1. The average molecular weight is 455 g/mol. The molecule has 7 nitrogen and oxygen atoms in total. The number of rotatable bonds is 7. The van der Waals surface area contributed by atoms with E-state index < -0.39 is 0 Å². The Morgan fingerprint density at radius 3 is 2.59 bits per heavy atom. The fourth-order valence-corrected chi connectivity index (χ4v) is 4.22. The molecule has 1 amide bonds. The molecule has 0 atom stereocenters. The van der Waals surface area contributed by atoms with Gasteiger partial charge in [0.15, 0.2) is 17.2 Å². The van der Waals surface area contributed by atoms with Crippen molar-refractivity contribution in [1.29, 1.82) is 0 Å². The Morgan fingerprint density at radius 1 is 1.03 bits per heavy atom. The summed E-state index contributed by atoms with van der Waals surface area (Å²) < 4.78 is 13.3. The second-order valence-electron chi connectivity index (χ2n) is 8.34. The number of nitrogens with one attached hydrogen (secondary N) is 1. The summed E-state index contributed by atoms with van der Waals surface area (Å²) in [7, 11) is 1.59. The van der Waals surface area contributed by atoms with Crippen molar-refractivity contribution in [2.24, 2.45) is 0 Å². The third-order valence-electron chi connectivity index (χ3n) is 5.99. The number of aromatic nitrogens is 3. The number of fused-ring (bicyclic) bond motifs is 1. The first-order chi connectivity index (χ1) is 16.6. The van der Waals surface area contributed by atoms with E-state index in [-0.39, 0.29) is 5.91 Å². The van der Waals surface area contributed by atoms with E-state index in [1.807, 2.05) is 28.9 Å².